The van der Waals surface area contributed by atoms with Gasteiger partial charge in [-0.25, -0.2) is 0 Å². The van der Waals surface area contributed by atoms with Gasteiger partial charge in [0.15, 0.2) is 0 Å². The third-order valence-electron chi connectivity index (χ3n) is 3.06. The van der Waals surface area contributed by atoms with Crippen LogP contribution in [0.3, 0.4) is 0 Å². The molecule has 1 aromatic carbocycles. The monoisotopic (exact) mass is 235 g/mol. The molecule has 1 unspecified atom stereocenters. The molecule has 0 aromatic heterocycles. The second kappa shape index (κ2) is 6.40. The lowest BCUT2D eigenvalue weighted by atomic mass is 9.96. The standard InChI is InChI=1S/C14H21NO2/c1-10(2)13(14(16)17)9-15-8-12-7-5-4-6-11(12)3/h4-7,10,13,15H,8-9H2,1-3H3,(H,16,17). The summed E-state index contributed by atoms with van der Waals surface area (Å²) in [6, 6.07) is 8.13. The van der Waals surface area contributed by atoms with Crippen molar-refractivity contribution >= 4 is 5.97 Å². The van der Waals surface area contributed by atoms with Crippen LogP contribution in [-0.2, 0) is 11.3 Å². The van der Waals surface area contributed by atoms with E-state index in [9.17, 15) is 4.79 Å². The highest BCUT2D eigenvalue weighted by molar-refractivity contribution is 5.70. The molecule has 17 heavy (non-hydrogen) atoms. The summed E-state index contributed by atoms with van der Waals surface area (Å²) >= 11 is 0. The van der Waals surface area contributed by atoms with Crippen LogP contribution in [0, 0.1) is 18.8 Å². The van der Waals surface area contributed by atoms with Gasteiger partial charge in [0.25, 0.3) is 0 Å². The Labute approximate surface area is 103 Å². The van der Waals surface area contributed by atoms with Crippen LogP contribution in [0.2, 0.25) is 0 Å². The first-order valence-electron chi connectivity index (χ1n) is 6.00. The minimum atomic E-state index is -0.725. The highest BCUT2D eigenvalue weighted by Gasteiger charge is 2.20. The van der Waals surface area contributed by atoms with Crippen molar-refractivity contribution in [2.75, 3.05) is 6.54 Å². The predicted molar refractivity (Wildman–Crippen MR) is 68.8 cm³/mol. The summed E-state index contributed by atoms with van der Waals surface area (Å²) in [7, 11) is 0. The lowest BCUT2D eigenvalue weighted by molar-refractivity contribution is -0.143. The van der Waals surface area contributed by atoms with Gasteiger partial charge in [-0.15, -0.1) is 0 Å². The summed E-state index contributed by atoms with van der Waals surface area (Å²) in [4.78, 5) is 11.0. The quantitative estimate of drug-likeness (QED) is 0.796. The number of carboxylic acids is 1. The van der Waals surface area contributed by atoms with Gasteiger partial charge in [0.05, 0.1) is 5.92 Å². The van der Waals surface area contributed by atoms with Crippen molar-refractivity contribution in [3.8, 4) is 0 Å². The Kier molecular flexibility index (Phi) is 5.16. The number of aryl methyl sites for hydroxylation is 1. The molecule has 0 amide bonds. The van der Waals surface area contributed by atoms with E-state index in [0.717, 1.165) is 6.54 Å². The van der Waals surface area contributed by atoms with Gasteiger partial charge < -0.3 is 10.4 Å². The lowest BCUT2D eigenvalue weighted by Crippen LogP contribution is -2.31. The third-order valence-corrected chi connectivity index (χ3v) is 3.06. The van der Waals surface area contributed by atoms with Crippen molar-refractivity contribution in [3.63, 3.8) is 0 Å². The minimum Gasteiger partial charge on any atom is -0.481 e. The van der Waals surface area contributed by atoms with Crippen LogP contribution in [0.25, 0.3) is 0 Å². The summed E-state index contributed by atoms with van der Waals surface area (Å²) in [5, 5.41) is 12.3. The smallest absolute Gasteiger partial charge is 0.308 e. The average Bonchev–Trinajstić information content (AvgIpc) is 2.25. The van der Waals surface area contributed by atoms with E-state index in [1.54, 1.807) is 0 Å². The Bertz CT molecular complexity index is 374. The molecule has 0 aliphatic rings. The molecular formula is C14H21NO2. The molecule has 0 aliphatic carbocycles. The van der Waals surface area contributed by atoms with Gasteiger partial charge in [-0.3, -0.25) is 4.79 Å². The van der Waals surface area contributed by atoms with E-state index in [2.05, 4.69) is 24.4 Å². The number of carboxylic acid groups (broad SMARTS) is 1. The fourth-order valence-electron chi connectivity index (χ4n) is 1.78. The molecule has 1 rings (SSSR count). The number of hydrogen-bond acceptors (Lipinski definition) is 2. The predicted octanol–water partition coefficient (Wildman–Crippen LogP) is 2.44. The number of nitrogens with one attached hydrogen (secondary N) is 1. The largest absolute Gasteiger partial charge is 0.481 e. The first-order valence-corrected chi connectivity index (χ1v) is 6.00. The molecule has 2 N–H and O–H groups in total. The zero-order chi connectivity index (χ0) is 12.8. The lowest BCUT2D eigenvalue weighted by Gasteiger charge is -2.17. The van der Waals surface area contributed by atoms with Gasteiger partial charge in [0.2, 0.25) is 0 Å². The van der Waals surface area contributed by atoms with Crippen LogP contribution in [0.15, 0.2) is 24.3 Å². The van der Waals surface area contributed by atoms with Crippen molar-refractivity contribution in [3.05, 3.63) is 35.4 Å². The van der Waals surface area contributed by atoms with Crippen molar-refractivity contribution in [1.82, 2.24) is 5.32 Å². The molecule has 0 saturated heterocycles. The van der Waals surface area contributed by atoms with Gasteiger partial charge in [0.1, 0.15) is 0 Å². The average molecular weight is 235 g/mol. The van der Waals surface area contributed by atoms with Gasteiger partial charge in [-0.1, -0.05) is 38.1 Å². The molecule has 0 saturated carbocycles. The molecule has 1 aromatic rings. The van der Waals surface area contributed by atoms with E-state index < -0.39 is 5.97 Å². The van der Waals surface area contributed by atoms with Crippen molar-refractivity contribution in [2.24, 2.45) is 11.8 Å². The molecule has 94 valence electrons. The maximum Gasteiger partial charge on any atom is 0.308 e. The molecule has 0 fully saturated rings. The molecule has 3 nitrogen and oxygen atoms in total. The van der Waals surface area contributed by atoms with Gasteiger partial charge in [-0.2, -0.15) is 0 Å². The van der Waals surface area contributed by atoms with E-state index in [1.807, 2.05) is 26.0 Å². The molecule has 0 bridgehead atoms. The Morgan fingerprint density at radius 1 is 1.35 bits per heavy atom. The second-order valence-corrected chi connectivity index (χ2v) is 4.75. The Balaban J connectivity index is 2.47. The molecule has 0 aliphatic heterocycles. The summed E-state index contributed by atoms with van der Waals surface area (Å²) in [6.45, 7) is 7.18. The van der Waals surface area contributed by atoms with E-state index in [1.165, 1.54) is 11.1 Å². The van der Waals surface area contributed by atoms with E-state index >= 15 is 0 Å². The fourth-order valence-corrected chi connectivity index (χ4v) is 1.78. The van der Waals surface area contributed by atoms with Crippen LogP contribution in [0.5, 0.6) is 0 Å². The van der Waals surface area contributed by atoms with Crippen LogP contribution in [0.1, 0.15) is 25.0 Å². The van der Waals surface area contributed by atoms with Crippen LogP contribution >= 0.6 is 0 Å². The molecule has 1 atom stereocenters. The number of rotatable bonds is 6. The van der Waals surface area contributed by atoms with Gasteiger partial charge in [0, 0.05) is 13.1 Å². The van der Waals surface area contributed by atoms with Gasteiger partial charge in [-0.05, 0) is 24.0 Å². The summed E-state index contributed by atoms with van der Waals surface area (Å²) in [6.07, 6.45) is 0. The maximum absolute atomic E-state index is 11.0. The Morgan fingerprint density at radius 2 is 2.00 bits per heavy atom. The minimum absolute atomic E-state index is 0.150. The summed E-state index contributed by atoms with van der Waals surface area (Å²) in [5.74, 6) is -0.895. The molecule has 0 spiro atoms. The number of hydrogen-bond donors (Lipinski definition) is 2. The fraction of sp³-hybridized carbons (Fsp3) is 0.500. The van der Waals surface area contributed by atoms with Gasteiger partial charge >= 0.3 is 5.97 Å². The maximum atomic E-state index is 11.0. The highest BCUT2D eigenvalue weighted by Crippen LogP contribution is 2.11. The van der Waals surface area contributed by atoms with E-state index in [-0.39, 0.29) is 11.8 Å². The molecule has 0 radical (unpaired) electrons. The Hall–Kier alpha value is -1.35. The Morgan fingerprint density at radius 3 is 2.53 bits per heavy atom. The van der Waals surface area contributed by atoms with Crippen molar-refractivity contribution < 1.29 is 9.90 Å². The SMILES string of the molecule is Cc1ccccc1CNCC(C(=O)O)C(C)C. The molecule has 3 heteroatoms. The first-order chi connectivity index (χ1) is 8.02. The van der Waals surface area contributed by atoms with Crippen LogP contribution in [0.4, 0.5) is 0 Å². The van der Waals surface area contributed by atoms with Crippen molar-refractivity contribution in [2.45, 2.75) is 27.3 Å². The molecular weight excluding hydrogens is 214 g/mol. The van der Waals surface area contributed by atoms with Crippen LogP contribution < -0.4 is 5.32 Å². The first kappa shape index (κ1) is 13.7. The zero-order valence-electron chi connectivity index (χ0n) is 10.7. The highest BCUT2D eigenvalue weighted by atomic mass is 16.4. The zero-order valence-corrected chi connectivity index (χ0v) is 10.7. The van der Waals surface area contributed by atoms with E-state index in [0.29, 0.717) is 6.54 Å². The third kappa shape index (κ3) is 4.19. The summed E-state index contributed by atoms with van der Waals surface area (Å²) < 4.78 is 0. The number of aliphatic carboxylic acids is 1. The van der Waals surface area contributed by atoms with Crippen molar-refractivity contribution in [1.29, 1.82) is 0 Å². The number of benzene rings is 1. The topological polar surface area (TPSA) is 49.3 Å². The van der Waals surface area contributed by atoms with E-state index in [4.69, 9.17) is 5.11 Å². The second-order valence-electron chi connectivity index (χ2n) is 4.75. The number of carbonyl (C=O) groups is 1. The summed E-state index contributed by atoms with van der Waals surface area (Å²) in [5.41, 5.74) is 2.46. The molecule has 0 heterocycles. The van der Waals surface area contributed by atoms with Crippen LogP contribution in [-0.4, -0.2) is 17.6 Å². The normalized spacial score (nSPS) is 12.7.